The highest BCUT2D eigenvalue weighted by Gasteiger charge is 2.21. The Morgan fingerprint density at radius 2 is 1.85 bits per heavy atom. The number of hydrogen-bond donors (Lipinski definition) is 2. The van der Waals surface area contributed by atoms with Gasteiger partial charge in [0.25, 0.3) is 5.91 Å². The van der Waals surface area contributed by atoms with Crippen LogP contribution in [0.1, 0.15) is 68.3 Å². The van der Waals surface area contributed by atoms with E-state index in [1.165, 1.54) is 0 Å². The highest BCUT2D eigenvalue weighted by molar-refractivity contribution is 9.10. The van der Waals surface area contributed by atoms with E-state index in [0.29, 0.717) is 34.9 Å². The van der Waals surface area contributed by atoms with Gasteiger partial charge in [-0.1, -0.05) is 19.9 Å². The van der Waals surface area contributed by atoms with Gasteiger partial charge in [-0.05, 0) is 60.3 Å². The zero-order chi connectivity index (χ0) is 19.3. The summed E-state index contributed by atoms with van der Waals surface area (Å²) in [4.78, 5) is 12.6. The molecule has 1 aromatic carbocycles. The number of carbonyl (C=O) groups excluding carboxylic acids is 1. The quantitative estimate of drug-likeness (QED) is 0.650. The molecule has 1 amide bonds. The van der Waals surface area contributed by atoms with E-state index in [2.05, 4.69) is 31.4 Å². The number of halogens is 1. The van der Waals surface area contributed by atoms with Crippen LogP contribution >= 0.6 is 15.9 Å². The fourth-order valence-corrected chi connectivity index (χ4v) is 3.38. The Bertz CT molecular complexity index is 758. The number of nitrogens with zero attached hydrogens (tertiary/aromatic N) is 1. The molecule has 1 atom stereocenters. The maximum atomic E-state index is 12.6. The lowest BCUT2D eigenvalue weighted by atomic mass is 10.1. The Balaban J connectivity index is 2.17. The molecule has 2 rings (SSSR count). The lowest BCUT2D eigenvalue weighted by molar-refractivity contribution is 0.0934. The van der Waals surface area contributed by atoms with Crippen molar-refractivity contribution in [1.29, 1.82) is 0 Å². The first-order valence-corrected chi connectivity index (χ1v) is 9.62. The van der Waals surface area contributed by atoms with Crippen molar-refractivity contribution in [3.05, 3.63) is 39.6 Å². The Morgan fingerprint density at radius 1 is 1.19 bits per heavy atom. The molecule has 142 valence electrons. The number of ether oxygens (including phenoxy) is 2. The Hall–Kier alpha value is -2.02. The van der Waals surface area contributed by atoms with Gasteiger partial charge in [-0.2, -0.15) is 5.10 Å². The van der Waals surface area contributed by atoms with E-state index < -0.39 is 0 Å². The van der Waals surface area contributed by atoms with Crippen molar-refractivity contribution in [2.24, 2.45) is 0 Å². The third-order valence-corrected chi connectivity index (χ3v) is 4.74. The van der Waals surface area contributed by atoms with Crippen LogP contribution in [0.3, 0.4) is 0 Å². The second-order valence-electron chi connectivity index (χ2n) is 6.22. The highest BCUT2D eigenvalue weighted by atomic mass is 79.9. The summed E-state index contributed by atoms with van der Waals surface area (Å²) < 4.78 is 11.9. The minimum atomic E-state index is -0.237. The molecule has 2 aromatic rings. The molecule has 0 radical (unpaired) electrons. The molecule has 1 aromatic heterocycles. The van der Waals surface area contributed by atoms with Gasteiger partial charge in [0.15, 0.2) is 17.2 Å². The van der Waals surface area contributed by atoms with E-state index in [4.69, 9.17) is 9.47 Å². The first-order valence-electron chi connectivity index (χ1n) is 8.83. The molecular formula is C19H26BrN3O3. The minimum Gasteiger partial charge on any atom is -0.490 e. The van der Waals surface area contributed by atoms with Crippen LogP contribution in [0, 0.1) is 0 Å². The molecule has 0 aliphatic heterocycles. The van der Waals surface area contributed by atoms with Gasteiger partial charge in [0, 0.05) is 0 Å². The fraction of sp³-hybridized carbons (Fsp3) is 0.474. The number of aromatic amines is 1. The molecular weight excluding hydrogens is 398 g/mol. The number of hydrogen-bond acceptors (Lipinski definition) is 4. The summed E-state index contributed by atoms with van der Waals surface area (Å²) in [5.41, 5.74) is 2.19. The van der Waals surface area contributed by atoms with Crippen molar-refractivity contribution >= 4 is 21.8 Å². The van der Waals surface area contributed by atoms with Crippen LogP contribution in [0.15, 0.2) is 22.7 Å². The molecule has 0 saturated carbocycles. The third-order valence-electron chi connectivity index (χ3n) is 3.94. The summed E-state index contributed by atoms with van der Waals surface area (Å²) in [6.07, 6.45) is 0. The molecule has 7 heteroatoms. The summed E-state index contributed by atoms with van der Waals surface area (Å²) in [7, 11) is 0. The molecule has 6 nitrogen and oxygen atoms in total. The summed E-state index contributed by atoms with van der Waals surface area (Å²) in [5.74, 6) is 1.39. The largest absolute Gasteiger partial charge is 0.490 e. The van der Waals surface area contributed by atoms with Crippen molar-refractivity contribution in [3.63, 3.8) is 0 Å². The number of aromatic nitrogens is 2. The zero-order valence-electron chi connectivity index (χ0n) is 15.9. The molecule has 2 N–H and O–H groups in total. The van der Waals surface area contributed by atoms with Gasteiger partial charge in [0.05, 0.1) is 29.4 Å². The molecule has 0 aliphatic rings. The Morgan fingerprint density at radius 3 is 2.42 bits per heavy atom. The number of H-pyrrole nitrogens is 1. The molecule has 1 heterocycles. The van der Waals surface area contributed by atoms with Crippen LogP contribution in [0.25, 0.3) is 0 Å². The molecule has 26 heavy (non-hydrogen) atoms. The second-order valence-corrected chi connectivity index (χ2v) is 7.01. The van der Waals surface area contributed by atoms with Gasteiger partial charge in [0.2, 0.25) is 0 Å². The highest BCUT2D eigenvalue weighted by Crippen LogP contribution is 2.31. The van der Waals surface area contributed by atoms with Gasteiger partial charge in [-0.15, -0.1) is 0 Å². The van der Waals surface area contributed by atoms with Crippen LogP contribution in [-0.2, 0) is 0 Å². The van der Waals surface area contributed by atoms with E-state index >= 15 is 0 Å². The minimum absolute atomic E-state index is 0.205. The maximum absolute atomic E-state index is 12.6. The number of nitrogens with one attached hydrogen (secondary N) is 2. The number of benzene rings is 1. The van der Waals surface area contributed by atoms with Crippen molar-refractivity contribution in [2.45, 2.75) is 46.6 Å². The van der Waals surface area contributed by atoms with Gasteiger partial charge in [-0.25, -0.2) is 0 Å². The van der Waals surface area contributed by atoms with Crippen molar-refractivity contribution in [2.75, 3.05) is 13.2 Å². The van der Waals surface area contributed by atoms with Crippen LogP contribution in [-0.4, -0.2) is 29.3 Å². The molecule has 0 saturated heterocycles. The van der Waals surface area contributed by atoms with Gasteiger partial charge < -0.3 is 14.8 Å². The predicted molar refractivity (Wildman–Crippen MR) is 105 cm³/mol. The first kappa shape index (κ1) is 20.3. The maximum Gasteiger partial charge on any atom is 0.273 e. The van der Waals surface area contributed by atoms with E-state index in [1.54, 1.807) is 0 Å². The lowest BCUT2D eigenvalue weighted by Crippen LogP contribution is -2.27. The SMILES string of the molecule is CCOc1ccc(C(C)NC(=O)c2n[nH]c(C(C)C)c2Br)cc1OCC. The van der Waals surface area contributed by atoms with Crippen molar-refractivity contribution < 1.29 is 14.3 Å². The molecule has 0 aliphatic carbocycles. The van der Waals surface area contributed by atoms with Crippen LogP contribution < -0.4 is 14.8 Å². The first-order chi connectivity index (χ1) is 12.4. The smallest absolute Gasteiger partial charge is 0.273 e. The van der Waals surface area contributed by atoms with Gasteiger partial charge >= 0.3 is 0 Å². The number of rotatable bonds is 8. The zero-order valence-corrected chi connectivity index (χ0v) is 17.4. The summed E-state index contributed by atoms with van der Waals surface area (Å²) in [6, 6.07) is 5.49. The molecule has 0 bridgehead atoms. The Kier molecular flexibility index (Phi) is 7.08. The van der Waals surface area contributed by atoms with E-state index in [9.17, 15) is 4.79 Å². The van der Waals surface area contributed by atoms with Gasteiger partial charge in [0.1, 0.15) is 0 Å². The monoisotopic (exact) mass is 423 g/mol. The summed E-state index contributed by atoms with van der Waals surface area (Å²) in [6.45, 7) is 11.0. The average molecular weight is 424 g/mol. The summed E-state index contributed by atoms with van der Waals surface area (Å²) >= 11 is 3.47. The van der Waals surface area contributed by atoms with Crippen LogP contribution in [0.2, 0.25) is 0 Å². The van der Waals surface area contributed by atoms with Crippen molar-refractivity contribution in [1.82, 2.24) is 15.5 Å². The normalized spacial score (nSPS) is 12.1. The van der Waals surface area contributed by atoms with Crippen molar-refractivity contribution in [3.8, 4) is 11.5 Å². The van der Waals surface area contributed by atoms with Crippen LogP contribution in [0.4, 0.5) is 0 Å². The van der Waals surface area contributed by atoms with E-state index in [1.807, 2.05) is 52.8 Å². The fourth-order valence-electron chi connectivity index (χ4n) is 2.56. The molecule has 0 fully saturated rings. The predicted octanol–water partition coefficient (Wildman–Crippen LogP) is 4.58. The van der Waals surface area contributed by atoms with E-state index in [-0.39, 0.29) is 17.9 Å². The van der Waals surface area contributed by atoms with Crippen LogP contribution in [0.5, 0.6) is 11.5 Å². The average Bonchev–Trinajstić information content (AvgIpc) is 2.98. The number of carbonyl (C=O) groups is 1. The van der Waals surface area contributed by atoms with Gasteiger partial charge in [-0.3, -0.25) is 9.89 Å². The molecule has 0 spiro atoms. The Labute approximate surface area is 162 Å². The third kappa shape index (κ3) is 4.58. The standard InChI is InChI=1S/C19H26BrN3O3/c1-6-25-14-9-8-13(10-15(14)26-7-2)12(5)21-19(24)18-16(20)17(11(3)4)22-23-18/h8-12H,6-7H2,1-5H3,(H,21,24)(H,22,23). The number of amides is 1. The topological polar surface area (TPSA) is 76.2 Å². The summed E-state index contributed by atoms with van der Waals surface area (Å²) in [5, 5.41) is 10.0. The molecule has 1 unspecified atom stereocenters. The lowest BCUT2D eigenvalue weighted by Gasteiger charge is -2.17. The second kappa shape index (κ2) is 9.07. The van der Waals surface area contributed by atoms with E-state index in [0.717, 1.165) is 11.3 Å².